The van der Waals surface area contributed by atoms with Crippen LogP contribution in [-0.4, -0.2) is 38.9 Å². The van der Waals surface area contributed by atoms with Crippen molar-refractivity contribution in [1.82, 2.24) is 19.5 Å². The van der Waals surface area contributed by atoms with Gasteiger partial charge < -0.3 is 9.55 Å². The Labute approximate surface area is 159 Å². The molecule has 0 aromatic carbocycles. The van der Waals surface area contributed by atoms with E-state index in [9.17, 15) is 8.42 Å². The zero-order chi connectivity index (χ0) is 18.8. The van der Waals surface area contributed by atoms with Crippen molar-refractivity contribution in [2.75, 3.05) is 5.75 Å². The number of fused-ring (bicyclic) bond motifs is 3. The van der Waals surface area contributed by atoms with E-state index in [1.54, 1.807) is 0 Å². The predicted molar refractivity (Wildman–Crippen MR) is 106 cm³/mol. The number of aromatic amines is 1. The monoisotopic (exact) mass is 386 g/mol. The van der Waals surface area contributed by atoms with Gasteiger partial charge in [-0.15, -0.1) is 0 Å². The minimum Gasteiger partial charge on any atom is -0.346 e. The predicted octanol–water partition coefficient (Wildman–Crippen LogP) is 3.78. The highest BCUT2D eigenvalue weighted by molar-refractivity contribution is 7.92. The van der Waals surface area contributed by atoms with Gasteiger partial charge in [0.1, 0.15) is 17.0 Å². The Morgan fingerprint density at radius 3 is 2.85 bits per heavy atom. The van der Waals surface area contributed by atoms with Crippen LogP contribution in [0.15, 0.2) is 18.5 Å². The Morgan fingerprint density at radius 1 is 1.30 bits per heavy atom. The number of aryl methyl sites for hydroxylation is 1. The summed E-state index contributed by atoms with van der Waals surface area (Å²) in [6.45, 7) is 4.27. The van der Waals surface area contributed by atoms with Gasteiger partial charge in [0.15, 0.2) is 9.84 Å². The smallest absolute Gasteiger partial charge is 0.153 e. The first-order chi connectivity index (χ1) is 13.0. The lowest BCUT2D eigenvalue weighted by Crippen LogP contribution is -2.18. The standard InChI is InChI=1S/C20H26N4O2S/c1-3-14-8-13(11-27(25,26)15-4-5-15)9-18(14)24-12(2)23-17-10-22-20-16(19(17)24)6-7-21-20/h6-7,10,13-15,18H,3-5,8-9,11H2,1-2H3,(H,21,22)/t13?,14-,18?/m1/s1. The van der Waals surface area contributed by atoms with Crippen molar-refractivity contribution in [3.63, 3.8) is 0 Å². The van der Waals surface area contributed by atoms with Crippen LogP contribution in [0.2, 0.25) is 0 Å². The van der Waals surface area contributed by atoms with Crippen LogP contribution in [0.25, 0.3) is 22.1 Å². The van der Waals surface area contributed by atoms with Gasteiger partial charge >= 0.3 is 0 Å². The molecule has 0 spiro atoms. The second kappa shape index (κ2) is 6.06. The average molecular weight is 387 g/mol. The first-order valence-electron chi connectivity index (χ1n) is 10.00. The number of rotatable bonds is 5. The maximum atomic E-state index is 12.5. The minimum atomic E-state index is -2.91. The van der Waals surface area contributed by atoms with Gasteiger partial charge in [-0.1, -0.05) is 13.3 Å². The Bertz CT molecular complexity index is 1110. The average Bonchev–Trinajstić information content (AvgIpc) is 3.13. The summed E-state index contributed by atoms with van der Waals surface area (Å²) in [6.07, 6.45) is 8.45. The van der Waals surface area contributed by atoms with Crippen LogP contribution >= 0.6 is 0 Å². The van der Waals surface area contributed by atoms with Crippen LogP contribution < -0.4 is 0 Å². The number of nitrogens with zero attached hydrogens (tertiary/aromatic N) is 3. The first-order valence-corrected chi connectivity index (χ1v) is 11.7. The van der Waals surface area contributed by atoms with Crippen LogP contribution in [0.3, 0.4) is 0 Å². The summed E-state index contributed by atoms with van der Waals surface area (Å²) in [5, 5.41) is 1.04. The summed E-state index contributed by atoms with van der Waals surface area (Å²) in [6, 6.07) is 2.37. The highest BCUT2D eigenvalue weighted by Crippen LogP contribution is 2.45. The van der Waals surface area contributed by atoms with E-state index in [2.05, 4.69) is 34.4 Å². The van der Waals surface area contributed by atoms with Gasteiger partial charge in [-0.2, -0.15) is 0 Å². The molecule has 0 aliphatic heterocycles. The molecule has 1 N–H and O–H groups in total. The highest BCUT2D eigenvalue weighted by atomic mass is 32.2. The van der Waals surface area contributed by atoms with E-state index >= 15 is 0 Å². The largest absolute Gasteiger partial charge is 0.346 e. The number of aromatic nitrogens is 4. The molecule has 3 atom stereocenters. The van der Waals surface area contributed by atoms with Crippen molar-refractivity contribution in [2.45, 2.75) is 57.2 Å². The maximum Gasteiger partial charge on any atom is 0.153 e. The lowest BCUT2D eigenvalue weighted by atomic mass is 9.99. The van der Waals surface area contributed by atoms with Gasteiger partial charge in [0.05, 0.1) is 22.7 Å². The molecule has 3 aromatic heterocycles. The SMILES string of the molecule is CC[C@@H]1CC(CS(=O)(=O)C2CC2)CC1n1c(C)nc2cnc3[nH]ccc3c21. The lowest BCUT2D eigenvalue weighted by Gasteiger charge is -2.22. The third-order valence-corrected chi connectivity index (χ3v) is 8.95. The molecular formula is C20H26N4O2S. The van der Waals surface area contributed by atoms with Crippen LogP contribution in [0, 0.1) is 18.8 Å². The number of hydrogen-bond donors (Lipinski definition) is 1. The summed E-state index contributed by atoms with van der Waals surface area (Å²) in [4.78, 5) is 12.4. The quantitative estimate of drug-likeness (QED) is 0.724. The second-order valence-corrected chi connectivity index (χ2v) is 10.7. The molecule has 5 rings (SSSR count). The van der Waals surface area contributed by atoms with Crippen molar-refractivity contribution in [1.29, 1.82) is 0 Å². The molecule has 0 radical (unpaired) electrons. The summed E-state index contributed by atoms with van der Waals surface area (Å²) < 4.78 is 27.4. The van der Waals surface area contributed by atoms with Crippen LogP contribution in [0.5, 0.6) is 0 Å². The molecule has 7 heteroatoms. The molecule has 3 heterocycles. The van der Waals surface area contributed by atoms with E-state index in [4.69, 9.17) is 4.98 Å². The van der Waals surface area contributed by atoms with Crippen molar-refractivity contribution in [3.8, 4) is 0 Å². The van der Waals surface area contributed by atoms with Crippen molar-refractivity contribution < 1.29 is 8.42 Å². The fourth-order valence-corrected chi connectivity index (χ4v) is 7.17. The van der Waals surface area contributed by atoms with Gasteiger partial charge in [0, 0.05) is 17.6 Å². The second-order valence-electron chi connectivity index (χ2n) is 8.36. The van der Waals surface area contributed by atoms with E-state index in [0.717, 1.165) is 60.0 Å². The van der Waals surface area contributed by atoms with Crippen LogP contribution in [-0.2, 0) is 9.84 Å². The van der Waals surface area contributed by atoms with E-state index in [-0.39, 0.29) is 11.2 Å². The third-order valence-electron chi connectivity index (χ3n) is 6.52. The molecule has 27 heavy (non-hydrogen) atoms. The third kappa shape index (κ3) is 2.78. The molecule has 2 unspecified atom stereocenters. The Balaban J connectivity index is 1.55. The van der Waals surface area contributed by atoms with Crippen LogP contribution in [0.4, 0.5) is 0 Å². The number of imidazole rings is 1. The molecular weight excluding hydrogens is 360 g/mol. The summed E-state index contributed by atoms with van der Waals surface area (Å²) in [7, 11) is -2.91. The molecule has 2 fully saturated rings. The summed E-state index contributed by atoms with van der Waals surface area (Å²) in [5.74, 6) is 2.10. The number of hydrogen-bond acceptors (Lipinski definition) is 4. The van der Waals surface area contributed by atoms with Gasteiger partial charge in [0.2, 0.25) is 0 Å². The number of pyridine rings is 1. The lowest BCUT2D eigenvalue weighted by molar-refractivity contribution is 0.372. The van der Waals surface area contributed by atoms with Crippen LogP contribution in [0.1, 0.15) is 50.9 Å². The van der Waals surface area contributed by atoms with Gasteiger partial charge in [-0.25, -0.2) is 18.4 Å². The fourth-order valence-electron chi connectivity index (χ4n) is 5.11. The topological polar surface area (TPSA) is 80.6 Å². The van der Waals surface area contributed by atoms with Gasteiger partial charge in [0.25, 0.3) is 0 Å². The molecule has 6 nitrogen and oxygen atoms in total. The normalized spacial score (nSPS) is 26.4. The molecule has 0 saturated heterocycles. The van der Waals surface area contributed by atoms with E-state index < -0.39 is 9.84 Å². The zero-order valence-electron chi connectivity index (χ0n) is 15.9. The number of H-pyrrole nitrogens is 1. The molecule has 2 aliphatic rings. The molecule has 2 aliphatic carbocycles. The molecule has 3 aromatic rings. The van der Waals surface area contributed by atoms with E-state index in [0.29, 0.717) is 17.7 Å². The Morgan fingerprint density at radius 2 is 2.11 bits per heavy atom. The Kier molecular flexibility index (Phi) is 3.86. The first kappa shape index (κ1) is 17.2. The van der Waals surface area contributed by atoms with Crippen molar-refractivity contribution in [3.05, 3.63) is 24.3 Å². The minimum absolute atomic E-state index is 0.0574. The van der Waals surface area contributed by atoms with E-state index in [1.165, 1.54) is 0 Å². The summed E-state index contributed by atoms with van der Waals surface area (Å²) in [5.41, 5.74) is 2.93. The fraction of sp³-hybridized carbons (Fsp3) is 0.600. The molecule has 0 bridgehead atoms. The molecule has 0 amide bonds. The molecule has 2 saturated carbocycles. The van der Waals surface area contributed by atoms with Gasteiger partial charge in [-0.3, -0.25) is 0 Å². The Hall–Kier alpha value is -1.89. The number of nitrogens with one attached hydrogen (secondary N) is 1. The van der Waals surface area contributed by atoms with Crippen molar-refractivity contribution in [2.24, 2.45) is 11.8 Å². The molecule has 144 valence electrons. The number of sulfone groups is 1. The van der Waals surface area contributed by atoms with E-state index in [1.807, 2.05) is 12.4 Å². The maximum absolute atomic E-state index is 12.5. The zero-order valence-corrected chi connectivity index (χ0v) is 16.7. The van der Waals surface area contributed by atoms with Gasteiger partial charge in [-0.05, 0) is 50.5 Å². The highest BCUT2D eigenvalue weighted by Gasteiger charge is 2.42. The van der Waals surface area contributed by atoms with Crippen molar-refractivity contribution >= 4 is 31.9 Å². The summed E-state index contributed by atoms with van der Waals surface area (Å²) >= 11 is 0.